The van der Waals surface area contributed by atoms with Crippen LogP contribution < -0.4 is 5.32 Å². The van der Waals surface area contributed by atoms with Crippen LogP contribution in [0.25, 0.3) is 0 Å². The lowest BCUT2D eigenvalue weighted by atomic mass is 10.1. The zero-order chi connectivity index (χ0) is 22.5. The third-order valence-electron chi connectivity index (χ3n) is 5.38. The van der Waals surface area contributed by atoms with E-state index < -0.39 is 11.4 Å². The summed E-state index contributed by atoms with van der Waals surface area (Å²) in [5, 5.41) is 2.50. The number of carbonyl (C=O) groups excluding carboxylic acids is 2. The van der Waals surface area contributed by atoms with Gasteiger partial charge < -0.3 is 10.2 Å². The summed E-state index contributed by atoms with van der Waals surface area (Å²) in [6.07, 6.45) is 2.32. The predicted octanol–water partition coefficient (Wildman–Crippen LogP) is 4.14. The molecule has 7 heteroatoms. The maximum Gasteiger partial charge on any atom is 0.255 e. The average molecular weight is 450 g/mol. The summed E-state index contributed by atoms with van der Waals surface area (Å²) in [6, 6.07) is 18.5. The second-order valence-corrected chi connectivity index (χ2v) is 8.81. The molecule has 1 aliphatic rings. The summed E-state index contributed by atoms with van der Waals surface area (Å²) >= 11 is 1.47. The number of nitrogens with one attached hydrogen (secondary N) is 1. The van der Waals surface area contributed by atoms with Crippen LogP contribution in [0.4, 0.5) is 4.39 Å². The van der Waals surface area contributed by atoms with Gasteiger partial charge in [0.15, 0.2) is 0 Å². The number of hydrogen-bond donors (Lipinski definition) is 1. The van der Waals surface area contributed by atoms with Crippen molar-refractivity contribution in [3.05, 3.63) is 101 Å². The van der Waals surface area contributed by atoms with Gasteiger partial charge in [-0.05, 0) is 48.9 Å². The monoisotopic (exact) mass is 449 g/mol. The molecule has 0 saturated carbocycles. The van der Waals surface area contributed by atoms with Crippen molar-refractivity contribution in [3.8, 4) is 0 Å². The summed E-state index contributed by atoms with van der Waals surface area (Å²) < 4.78 is 13.9. The highest BCUT2D eigenvalue weighted by Crippen LogP contribution is 2.42. The number of amides is 2. The first-order valence-electron chi connectivity index (χ1n) is 10.5. The molecule has 1 fully saturated rings. The number of benzene rings is 2. The van der Waals surface area contributed by atoms with Crippen LogP contribution in [0.5, 0.6) is 0 Å². The van der Waals surface area contributed by atoms with Crippen molar-refractivity contribution in [1.82, 2.24) is 15.2 Å². The quantitative estimate of drug-likeness (QED) is 0.614. The van der Waals surface area contributed by atoms with Gasteiger partial charge >= 0.3 is 0 Å². The first-order valence-corrected chi connectivity index (χ1v) is 11.5. The number of hydrogen-bond acceptors (Lipinski definition) is 4. The van der Waals surface area contributed by atoms with E-state index >= 15 is 0 Å². The molecule has 164 valence electrons. The molecule has 2 amide bonds. The Bertz CT molecular complexity index is 1090. The molecular weight excluding hydrogens is 425 g/mol. The van der Waals surface area contributed by atoms with Crippen molar-refractivity contribution in [2.45, 2.75) is 24.8 Å². The fraction of sp³-hybridized carbons (Fsp3) is 0.240. The zero-order valence-electron chi connectivity index (χ0n) is 17.7. The molecule has 0 aliphatic carbocycles. The Balaban J connectivity index is 1.55. The van der Waals surface area contributed by atoms with Crippen molar-refractivity contribution in [2.24, 2.45) is 0 Å². The van der Waals surface area contributed by atoms with Gasteiger partial charge in [0.2, 0.25) is 5.91 Å². The van der Waals surface area contributed by atoms with Crippen LogP contribution in [-0.4, -0.2) is 40.0 Å². The van der Waals surface area contributed by atoms with Gasteiger partial charge in [0.25, 0.3) is 5.91 Å². The molecule has 2 heterocycles. The molecule has 1 aliphatic heterocycles. The van der Waals surface area contributed by atoms with Crippen LogP contribution in [-0.2, 0) is 11.2 Å². The molecule has 1 saturated heterocycles. The largest absolute Gasteiger partial charge is 0.354 e. The van der Waals surface area contributed by atoms with Crippen LogP contribution in [0.15, 0.2) is 72.9 Å². The Morgan fingerprint density at radius 3 is 2.66 bits per heavy atom. The Hall–Kier alpha value is -3.19. The highest BCUT2D eigenvalue weighted by molar-refractivity contribution is 7.99. The highest BCUT2D eigenvalue weighted by atomic mass is 32.2. The zero-order valence-corrected chi connectivity index (χ0v) is 18.5. The van der Waals surface area contributed by atoms with E-state index in [1.165, 1.54) is 23.9 Å². The second kappa shape index (κ2) is 9.96. The van der Waals surface area contributed by atoms with Crippen LogP contribution in [0.3, 0.4) is 0 Å². The van der Waals surface area contributed by atoms with Gasteiger partial charge in [0, 0.05) is 36.2 Å². The smallest absolute Gasteiger partial charge is 0.255 e. The minimum absolute atomic E-state index is 0.215. The van der Waals surface area contributed by atoms with E-state index in [2.05, 4.69) is 10.3 Å². The van der Waals surface area contributed by atoms with Gasteiger partial charge in [-0.25, -0.2) is 4.39 Å². The highest BCUT2D eigenvalue weighted by Gasteiger charge is 2.42. The lowest BCUT2D eigenvalue weighted by Crippen LogP contribution is -2.48. The summed E-state index contributed by atoms with van der Waals surface area (Å²) in [7, 11) is 0. The van der Waals surface area contributed by atoms with Crippen LogP contribution in [0.2, 0.25) is 0 Å². The molecule has 2 aromatic carbocycles. The van der Waals surface area contributed by atoms with Gasteiger partial charge in [-0.15, -0.1) is 11.8 Å². The van der Waals surface area contributed by atoms with E-state index in [1.54, 1.807) is 35.4 Å². The number of carbonyl (C=O) groups is 2. The van der Waals surface area contributed by atoms with E-state index in [-0.39, 0.29) is 17.6 Å². The van der Waals surface area contributed by atoms with Gasteiger partial charge in [-0.2, -0.15) is 0 Å². The fourth-order valence-corrected chi connectivity index (χ4v) is 5.12. The molecular formula is C25H24FN3O2S. The third-order valence-corrected chi connectivity index (χ3v) is 6.70. The van der Waals surface area contributed by atoms with E-state index in [9.17, 15) is 14.0 Å². The first-order chi connectivity index (χ1) is 15.5. The van der Waals surface area contributed by atoms with Crippen molar-refractivity contribution in [2.75, 3.05) is 12.3 Å². The second-order valence-electron chi connectivity index (χ2n) is 7.70. The standard InChI is InChI=1S/C25H24FN3O2S/c1-17-8-10-18(11-9-17)24(31)29-22(16-32-25(29)19-5-4-6-20(26)15-19)23(30)28-14-12-21-7-2-3-13-27-21/h2-11,13,15,22,25H,12,14,16H2,1H3,(H,28,30). The lowest BCUT2D eigenvalue weighted by molar-refractivity contribution is -0.124. The SMILES string of the molecule is Cc1ccc(C(=O)N2C(C(=O)NCCc3ccccn3)CSC2c2cccc(F)c2)cc1. The molecule has 3 aromatic rings. The maximum atomic E-state index is 13.9. The van der Waals surface area contributed by atoms with Gasteiger partial charge in [0.05, 0.1) is 0 Å². The van der Waals surface area contributed by atoms with Crippen molar-refractivity contribution in [1.29, 1.82) is 0 Å². The molecule has 2 atom stereocenters. The number of rotatable bonds is 6. The molecule has 2 unspecified atom stereocenters. The molecule has 0 radical (unpaired) electrons. The molecule has 0 bridgehead atoms. The molecule has 1 N–H and O–H groups in total. The molecule has 0 spiro atoms. The number of aryl methyl sites for hydroxylation is 1. The normalized spacial score (nSPS) is 17.9. The van der Waals surface area contributed by atoms with Gasteiger partial charge in [0.1, 0.15) is 17.2 Å². The summed E-state index contributed by atoms with van der Waals surface area (Å²) in [6.45, 7) is 2.38. The first kappa shape index (κ1) is 22.0. The predicted molar refractivity (Wildman–Crippen MR) is 124 cm³/mol. The summed E-state index contributed by atoms with van der Waals surface area (Å²) in [4.78, 5) is 32.4. The molecule has 5 nitrogen and oxygen atoms in total. The topological polar surface area (TPSA) is 62.3 Å². The molecule has 4 rings (SSSR count). The third kappa shape index (κ3) is 4.99. The Kier molecular flexibility index (Phi) is 6.85. The average Bonchev–Trinajstić information content (AvgIpc) is 3.25. The van der Waals surface area contributed by atoms with Crippen LogP contribution in [0.1, 0.15) is 32.6 Å². The van der Waals surface area contributed by atoms with Gasteiger partial charge in [-0.3, -0.25) is 14.6 Å². The lowest BCUT2D eigenvalue weighted by Gasteiger charge is -2.29. The summed E-state index contributed by atoms with van der Waals surface area (Å²) in [5.74, 6) is -0.384. The van der Waals surface area contributed by atoms with Gasteiger partial charge in [-0.1, -0.05) is 35.9 Å². The number of nitrogens with zero attached hydrogens (tertiary/aromatic N) is 2. The van der Waals surface area contributed by atoms with E-state index in [4.69, 9.17) is 0 Å². The van der Waals surface area contributed by atoms with Crippen molar-refractivity contribution in [3.63, 3.8) is 0 Å². The van der Waals surface area contributed by atoms with E-state index in [1.807, 2.05) is 37.3 Å². The maximum absolute atomic E-state index is 13.9. The van der Waals surface area contributed by atoms with Crippen LogP contribution in [0, 0.1) is 12.7 Å². The number of pyridine rings is 1. The Labute approximate surface area is 191 Å². The fourth-order valence-electron chi connectivity index (χ4n) is 3.70. The minimum Gasteiger partial charge on any atom is -0.354 e. The number of thioether (sulfide) groups is 1. The van der Waals surface area contributed by atoms with Crippen molar-refractivity contribution < 1.29 is 14.0 Å². The summed E-state index contributed by atoms with van der Waals surface area (Å²) in [5.41, 5.74) is 3.10. The molecule has 32 heavy (non-hydrogen) atoms. The van der Waals surface area contributed by atoms with Crippen molar-refractivity contribution >= 4 is 23.6 Å². The van der Waals surface area contributed by atoms with E-state index in [0.717, 1.165) is 11.3 Å². The minimum atomic E-state index is -0.647. The number of halogens is 1. The van der Waals surface area contributed by atoms with E-state index in [0.29, 0.717) is 29.8 Å². The Morgan fingerprint density at radius 1 is 1.12 bits per heavy atom. The Morgan fingerprint density at radius 2 is 1.94 bits per heavy atom. The van der Waals surface area contributed by atoms with Crippen LogP contribution >= 0.6 is 11.8 Å². The number of aromatic nitrogens is 1. The molecule has 1 aromatic heterocycles.